The highest BCUT2D eigenvalue weighted by atomic mass is 35.5. The van der Waals surface area contributed by atoms with Crippen LogP contribution in [0.1, 0.15) is 11.7 Å². The Morgan fingerprint density at radius 3 is 2.92 bits per heavy atom. The van der Waals surface area contributed by atoms with Crippen molar-refractivity contribution in [1.82, 2.24) is 4.98 Å². The van der Waals surface area contributed by atoms with Crippen LogP contribution in [0.5, 0.6) is 0 Å². The summed E-state index contributed by atoms with van der Waals surface area (Å²) in [6.07, 6.45) is 1.74. The van der Waals surface area contributed by atoms with Crippen LogP contribution in [0, 0.1) is 0 Å². The summed E-state index contributed by atoms with van der Waals surface area (Å²) in [6, 6.07) is 3.67. The first-order chi connectivity index (χ1) is 6.36. The van der Waals surface area contributed by atoms with Gasteiger partial charge >= 0.3 is 0 Å². The van der Waals surface area contributed by atoms with Gasteiger partial charge in [-0.2, -0.15) is 0 Å². The van der Waals surface area contributed by atoms with Crippen molar-refractivity contribution in [3.05, 3.63) is 29.0 Å². The predicted octanol–water partition coefficient (Wildman–Crippen LogP) is 1.82. The van der Waals surface area contributed by atoms with Crippen LogP contribution in [0.4, 0.5) is 0 Å². The Morgan fingerprint density at radius 1 is 1.38 bits per heavy atom. The molecule has 1 fully saturated rings. The molecular weight excluding hydrogens is 190 g/mol. The quantitative estimate of drug-likeness (QED) is 0.647. The van der Waals surface area contributed by atoms with Crippen molar-refractivity contribution in [3.8, 4) is 0 Å². The molecule has 0 bridgehead atoms. The summed E-state index contributed by atoms with van der Waals surface area (Å²) < 4.78 is 10.8. The van der Waals surface area contributed by atoms with E-state index in [1.807, 2.05) is 6.07 Å². The van der Waals surface area contributed by atoms with Crippen LogP contribution in [0.2, 0.25) is 5.15 Å². The van der Waals surface area contributed by atoms with E-state index in [0.29, 0.717) is 25.0 Å². The van der Waals surface area contributed by atoms with Gasteiger partial charge in [0.25, 0.3) is 0 Å². The molecule has 0 spiro atoms. The van der Waals surface area contributed by atoms with Crippen LogP contribution in [0.15, 0.2) is 18.3 Å². The van der Waals surface area contributed by atoms with Gasteiger partial charge in [-0.25, -0.2) is 4.98 Å². The van der Waals surface area contributed by atoms with Gasteiger partial charge in [0.1, 0.15) is 11.3 Å². The summed E-state index contributed by atoms with van der Waals surface area (Å²) in [6.45, 7) is 1.92. The van der Waals surface area contributed by atoms with E-state index in [2.05, 4.69) is 4.98 Å². The van der Waals surface area contributed by atoms with Crippen LogP contribution in [0.3, 0.4) is 0 Å². The summed E-state index contributed by atoms with van der Waals surface area (Å²) in [7, 11) is 0. The standard InChI is InChI=1S/C9H10ClNO2/c10-9-2-1-7(5-11-9)8-6-12-3-4-13-8/h1-2,5,8H,3-4,6H2. The number of ether oxygens (including phenoxy) is 2. The van der Waals surface area contributed by atoms with Crippen molar-refractivity contribution in [2.24, 2.45) is 0 Å². The molecule has 1 aliphatic heterocycles. The second-order valence-corrected chi connectivity index (χ2v) is 3.24. The molecule has 0 N–H and O–H groups in total. The lowest BCUT2D eigenvalue weighted by atomic mass is 10.2. The molecule has 0 saturated carbocycles. The lowest BCUT2D eigenvalue weighted by molar-refractivity contribution is -0.0902. The average Bonchev–Trinajstić information content (AvgIpc) is 2.20. The van der Waals surface area contributed by atoms with Crippen molar-refractivity contribution in [1.29, 1.82) is 0 Å². The highest BCUT2D eigenvalue weighted by molar-refractivity contribution is 6.29. The molecule has 70 valence electrons. The van der Waals surface area contributed by atoms with E-state index in [0.717, 1.165) is 5.56 Å². The van der Waals surface area contributed by atoms with Crippen molar-refractivity contribution < 1.29 is 9.47 Å². The van der Waals surface area contributed by atoms with Gasteiger partial charge in [0.15, 0.2) is 0 Å². The maximum Gasteiger partial charge on any atom is 0.129 e. The summed E-state index contributed by atoms with van der Waals surface area (Å²) in [5.74, 6) is 0. The molecule has 0 radical (unpaired) electrons. The number of aromatic nitrogens is 1. The van der Waals surface area contributed by atoms with Gasteiger partial charge in [-0.05, 0) is 6.07 Å². The average molecular weight is 200 g/mol. The third-order valence-corrected chi connectivity index (χ3v) is 2.16. The first kappa shape index (κ1) is 8.94. The topological polar surface area (TPSA) is 31.4 Å². The van der Waals surface area contributed by atoms with E-state index >= 15 is 0 Å². The molecule has 2 heterocycles. The predicted molar refractivity (Wildman–Crippen MR) is 48.8 cm³/mol. The lowest BCUT2D eigenvalue weighted by Gasteiger charge is -2.22. The molecule has 1 atom stereocenters. The fourth-order valence-electron chi connectivity index (χ4n) is 1.26. The van der Waals surface area contributed by atoms with Gasteiger partial charge in [-0.1, -0.05) is 17.7 Å². The SMILES string of the molecule is Clc1ccc(C2COCCO2)cn1. The first-order valence-electron chi connectivity index (χ1n) is 4.17. The van der Waals surface area contributed by atoms with Gasteiger partial charge in [0.2, 0.25) is 0 Å². The lowest BCUT2D eigenvalue weighted by Crippen LogP contribution is -2.21. The second-order valence-electron chi connectivity index (χ2n) is 2.85. The molecule has 4 heteroatoms. The first-order valence-corrected chi connectivity index (χ1v) is 4.55. The van der Waals surface area contributed by atoms with Gasteiger partial charge in [0.05, 0.1) is 19.8 Å². The Labute approximate surface area is 81.6 Å². The third-order valence-electron chi connectivity index (χ3n) is 1.94. The zero-order valence-electron chi connectivity index (χ0n) is 7.07. The van der Waals surface area contributed by atoms with Crippen molar-refractivity contribution >= 4 is 11.6 Å². The van der Waals surface area contributed by atoms with Crippen molar-refractivity contribution in [2.75, 3.05) is 19.8 Å². The molecule has 2 rings (SSSR count). The minimum absolute atomic E-state index is 0.0125. The summed E-state index contributed by atoms with van der Waals surface area (Å²) >= 11 is 5.67. The largest absolute Gasteiger partial charge is 0.376 e. The summed E-state index contributed by atoms with van der Waals surface area (Å²) in [4.78, 5) is 3.98. The van der Waals surface area contributed by atoms with E-state index in [4.69, 9.17) is 21.1 Å². The molecule has 1 saturated heterocycles. The number of rotatable bonds is 1. The minimum Gasteiger partial charge on any atom is -0.376 e. The Morgan fingerprint density at radius 2 is 2.31 bits per heavy atom. The fraction of sp³-hybridized carbons (Fsp3) is 0.444. The van der Waals surface area contributed by atoms with Gasteiger partial charge in [-0.15, -0.1) is 0 Å². The van der Waals surface area contributed by atoms with Crippen LogP contribution >= 0.6 is 11.6 Å². The Hall–Kier alpha value is -0.640. The maximum atomic E-state index is 5.67. The van der Waals surface area contributed by atoms with Crippen molar-refractivity contribution in [2.45, 2.75) is 6.10 Å². The Kier molecular flexibility index (Phi) is 2.78. The molecule has 1 aromatic rings. The highest BCUT2D eigenvalue weighted by Crippen LogP contribution is 2.20. The molecule has 1 unspecified atom stereocenters. The van der Waals surface area contributed by atoms with Gasteiger partial charge < -0.3 is 9.47 Å². The summed E-state index contributed by atoms with van der Waals surface area (Å²) in [5, 5.41) is 0.500. The van der Waals surface area contributed by atoms with E-state index in [-0.39, 0.29) is 6.10 Å². The smallest absolute Gasteiger partial charge is 0.129 e. The maximum absolute atomic E-state index is 5.67. The fourth-order valence-corrected chi connectivity index (χ4v) is 1.37. The third kappa shape index (κ3) is 2.18. The zero-order valence-corrected chi connectivity index (χ0v) is 7.83. The van der Waals surface area contributed by atoms with E-state index in [9.17, 15) is 0 Å². The molecule has 13 heavy (non-hydrogen) atoms. The number of halogens is 1. The monoisotopic (exact) mass is 199 g/mol. The Bertz CT molecular complexity index is 269. The molecule has 1 aromatic heterocycles. The van der Waals surface area contributed by atoms with Crippen molar-refractivity contribution in [3.63, 3.8) is 0 Å². The van der Waals surface area contributed by atoms with E-state index in [1.54, 1.807) is 12.3 Å². The van der Waals surface area contributed by atoms with Crippen LogP contribution < -0.4 is 0 Å². The summed E-state index contributed by atoms with van der Waals surface area (Å²) in [5.41, 5.74) is 1.02. The number of hydrogen-bond donors (Lipinski definition) is 0. The second kappa shape index (κ2) is 4.05. The number of pyridine rings is 1. The van der Waals surface area contributed by atoms with Crippen LogP contribution in [-0.4, -0.2) is 24.8 Å². The van der Waals surface area contributed by atoms with Crippen LogP contribution in [0.25, 0.3) is 0 Å². The minimum atomic E-state index is 0.0125. The molecule has 1 aliphatic rings. The van der Waals surface area contributed by atoms with E-state index in [1.165, 1.54) is 0 Å². The van der Waals surface area contributed by atoms with E-state index < -0.39 is 0 Å². The normalized spacial score (nSPS) is 23.0. The molecule has 0 aliphatic carbocycles. The molecule has 3 nitrogen and oxygen atoms in total. The Balaban J connectivity index is 2.10. The van der Waals surface area contributed by atoms with Gasteiger partial charge in [-0.3, -0.25) is 0 Å². The highest BCUT2D eigenvalue weighted by Gasteiger charge is 2.16. The zero-order chi connectivity index (χ0) is 9.10. The number of nitrogens with zero attached hydrogens (tertiary/aromatic N) is 1. The van der Waals surface area contributed by atoms with Gasteiger partial charge in [0, 0.05) is 11.8 Å². The number of hydrogen-bond acceptors (Lipinski definition) is 3. The molecular formula is C9H10ClNO2. The molecule has 0 amide bonds. The molecule has 0 aromatic carbocycles. The van der Waals surface area contributed by atoms with Crippen LogP contribution in [-0.2, 0) is 9.47 Å².